The first-order valence-electron chi connectivity index (χ1n) is 9.43. The molecule has 2 aromatic carbocycles. The van der Waals surface area contributed by atoms with E-state index >= 15 is 0 Å². The smallest absolute Gasteiger partial charge is 0.267 e. The molecule has 1 aromatic heterocycles. The Bertz CT molecular complexity index is 977. The lowest BCUT2D eigenvalue weighted by molar-refractivity contribution is -0.0391. The minimum atomic E-state index is -1.57. The number of hydrogen-bond donors (Lipinski definition) is 6. The van der Waals surface area contributed by atoms with Crippen LogP contribution in [0.3, 0.4) is 0 Å². The first kappa shape index (κ1) is 22.0. The molecule has 7 N–H and O–H groups in total. The number of carbonyl (C=O) groups excluding carboxylic acids is 1. The zero-order chi connectivity index (χ0) is 21.5. The van der Waals surface area contributed by atoms with Crippen LogP contribution in [0.4, 0.5) is 5.69 Å². The molecule has 8 nitrogen and oxygen atoms in total. The van der Waals surface area contributed by atoms with Crippen molar-refractivity contribution in [3.05, 3.63) is 59.8 Å². The average Bonchev–Trinajstić information content (AvgIpc) is 3.17. The van der Waals surface area contributed by atoms with Gasteiger partial charge in [0.2, 0.25) is 0 Å². The van der Waals surface area contributed by atoms with Gasteiger partial charge in [-0.25, -0.2) is 0 Å². The average molecular weight is 432 g/mol. The van der Waals surface area contributed by atoms with Crippen molar-refractivity contribution in [1.82, 2.24) is 10.3 Å². The second-order valence-electron chi connectivity index (χ2n) is 6.69. The molecule has 0 spiro atoms. The number of anilines is 1. The Morgan fingerprint density at radius 3 is 2.67 bits per heavy atom. The Morgan fingerprint density at radius 2 is 1.97 bits per heavy atom. The number of amides is 1. The number of carbonyl (C=O) groups is 1. The van der Waals surface area contributed by atoms with Gasteiger partial charge in [-0.1, -0.05) is 30.3 Å². The van der Waals surface area contributed by atoms with Crippen molar-refractivity contribution in [3.8, 4) is 5.75 Å². The number of fused-ring (bicyclic) bond motifs is 1. The van der Waals surface area contributed by atoms with Crippen LogP contribution in [-0.2, 0) is 5.75 Å². The molecule has 30 heavy (non-hydrogen) atoms. The van der Waals surface area contributed by atoms with Gasteiger partial charge in [-0.15, -0.1) is 11.8 Å². The highest BCUT2D eigenvalue weighted by Crippen LogP contribution is 2.28. The van der Waals surface area contributed by atoms with Crippen molar-refractivity contribution in [2.45, 2.75) is 17.3 Å². The summed E-state index contributed by atoms with van der Waals surface area (Å²) in [4.78, 5) is 15.5. The first-order chi connectivity index (χ1) is 14.5. The molecule has 0 saturated heterocycles. The molecular formula is C21H25N3O5S. The maximum Gasteiger partial charge on any atom is 0.267 e. The van der Waals surface area contributed by atoms with Crippen LogP contribution in [0, 0.1) is 0 Å². The lowest BCUT2D eigenvalue weighted by atomic mass is 10.2. The van der Waals surface area contributed by atoms with Gasteiger partial charge < -0.3 is 36.1 Å². The number of H-pyrrole nitrogens is 1. The minimum absolute atomic E-state index is 0.0870. The third kappa shape index (κ3) is 5.67. The summed E-state index contributed by atoms with van der Waals surface area (Å²) in [6.45, 7) is 0.122. The summed E-state index contributed by atoms with van der Waals surface area (Å²) in [7, 11) is 0. The Kier molecular flexibility index (Phi) is 7.58. The van der Waals surface area contributed by atoms with Crippen LogP contribution in [0.2, 0.25) is 0 Å². The molecule has 0 aliphatic carbocycles. The number of nitrogen functional groups attached to an aromatic ring is 1. The molecule has 1 heterocycles. The van der Waals surface area contributed by atoms with Crippen molar-refractivity contribution in [1.29, 1.82) is 0 Å². The highest BCUT2D eigenvalue weighted by Gasteiger charge is 2.20. The van der Waals surface area contributed by atoms with E-state index in [0.29, 0.717) is 33.8 Å². The molecule has 1 unspecified atom stereocenters. The summed E-state index contributed by atoms with van der Waals surface area (Å²) < 4.78 is 5.38. The molecule has 1 atom stereocenters. The van der Waals surface area contributed by atoms with Crippen molar-refractivity contribution >= 4 is 34.3 Å². The molecule has 0 saturated carbocycles. The highest BCUT2D eigenvalue weighted by atomic mass is 32.2. The second kappa shape index (κ2) is 10.4. The Labute approximate surface area is 178 Å². The third-order valence-electron chi connectivity index (χ3n) is 4.44. The van der Waals surface area contributed by atoms with Crippen molar-refractivity contribution in [2.24, 2.45) is 0 Å². The van der Waals surface area contributed by atoms with Gasteiger partial charge in [-0.2, -0.15) is 0 Å². The molecule has 0 fully saturated rings. The second-order valence-corrected chi connectivity index (χ2v) is 7.92. The summed E-state index contributed by atoms with van der Waals surface area (Å²) in [6.07, 6.45) is -1.57. The molecule has 9 heteroatoms. The minimum Gasteiger partial charge on any atom is -0.491 e. The lowest BCUT2D eigenvalue weighted by Gasteiger charge is -2.19. The zero-order valence-electron chi connectivity index (χ0n) is 16.2. The van der Waals surface area contributed by atoms with Crippen molar-refractivity contribution in [2.75, 3.05) is 25.5 Å². The predicted octanol–water partition coefficient (Wildman–Crippen LogP) is 1.46. The van der Waals surface area contributed by atoms with E-state index in [4.69, 9.17) is 15.6 Å². The summed E-state index contributed by atoms with van der Waals surface area (Å²) in [5, 5.41) is 31.0. The van der Waals surface area contributed by atoms with Gasteiger partial charge in [0.1, 0.15) is 18.1 Å². The van der Waals surface area contributed by atoms with E-state index in [0.717, 1.165) is 5.56 Å². The quantitative estimate of drug-likeness (QED) is 0.211. The fourth-order valence-electron chi connectivity index (χ4n) is 2.93. The number of aromatic nitrogens is 1. The molecule has 0 aliphatic heterocycles. The number of aliphatic hydroxyl groups is 3. The maximum absolute atomic E-state index is 12.6. The number of aliphatic hydroxyl groups excluding tert-OH is 2. The number of benzene rings is 2. The number of rotatable bonds is 10. The standard InChI is InChI=1S/C21H25N3O5S/c22-16-10-15(29-7-6-25)8-14-9-17(24-19(14)16)20(26)23-11-18(21(27)28)30-12-13-4-2-1-3-5-13/h1-5,8-10,18,21,24-25,27-28H,6-7,11-12,22H2,(H,23,26). The number of nitrogens with two attached hydrogens (primary N) is 1. The van der Waals surface area contributed by atoms with Crippen LogP contribution in [-0.4, -0.2) is 57.5 Å². The molecule has 3 aromatic rings. The Morgan fingerprint density at radius 1 is 1.20 bits per heavy atom. The number of ether oxygens (including phenoxy) is 1. The van der Waals surface area contributed by atoms with E-state index in [1.54, 1.807) is 18.2 Å². The topological polar surface area (TPSA) is 141 Å². The highest BCUT2D eigenvalue weighted by molar-refractivity contribution is 7.99. The number of thioether (sulfide) groups is 1. The number of nitrogens with one attached hydrogen (secondary N) is 2. The molecule has 0 radical (unpaired) electrons. The molecular weight excluding hydrogens is 406 g/mol. The van der Waals surface area contributed by atoms with E-state index in [1.165, 1.54) is 11.8 Å². The number of aromatic amines is 1. The van der Waals surface area contributed by atoms with Gasteiger partial charge in [0, 0.05) is 23.8 Å². The van der Waals surface area contributed by atoms with Crippen LogP contribution in [0.5, 0.6) is 5.75 Å². The lowest BCUT2D eigenvalue weighted by Crippen LogP contribution is -2.37. The van der Waals surface area contributed by atoms with E-state index in [9.17, 15) is 15.0 Å². The van der Waals surface area contributed by atoms with E-state index < -0.39 is 11.5 Å². The van der Waals surface area contributed by atoms with E-state index in [2.05, 4.69) is 10.3 Å². The largest absolute Gasteiger partial charge is 0.491 e. The molecule has 0 bridgehead atoms. The Hall–Kier alpha value is -2.72. The monoisotopic (exact) mass is 431 g/mol. The van der Waals surface area contributed by atoms with Gasteiger partial charge in [0.25, 0.3) is 5.91 Å². The normalized spacial score (nSPS) is 12.3. The van der Waals surface area contributed by atoms with Crippen LogP contribution in [0.15, 0.2) is 48.5 Å². The van der Waals surface area contributed by atoms with Crippen LogP contribution < -0.4 is 15.8 Å². The van der Waals surface area contributed by atoms with Gasteiger partial charge in [0.05, 0.1) is 23.1 Å². The van der Waals surface area contributed by atoms with E-state index in [1.807, 2.05) is 30.3 Å². The van der Waals surface area contributed by atoms with Gasteiger partial charge in [-0.05, 0) is 17.7 Å². The fourth-order valence-corrected chi connectivity index (χ4v) is 3.90. The SMILES string of the molecule is Nc1cc(OCCO)cc2cc(C(=O)NCC(SCc3ccccc3)C(O)O)[nH]c12. The molecule has 3 rings (SSSR count). The maximum atomic E-state index is 12.6. The summed E-state index contributed by atoms with van der Waals surface area (Å²) >= 11 is 1.36. The van der Waals surface area contributed by atoms with Crippen molar-refractivity contribution in [3.63, 3.8) is 0 Å². The predicted molar refractivity (Wildman–Crippen MR) is 117 cm³/mol. The zero-order valence-corrected chi connectivity index (χ0v) is 17.1. The van der Waals surface area contributed by atoms with Crippen LogP contribution in [0.1, 0.15) is 16.1 Å². The summed E-state index contributed by atoms with van der Waals surface area (Å²) in [6, 6.07) is 14.7. The third-order valence-corrected chi connectivity index (χ3v) is 5.78. The van der Waals surface area contributed by atoms with Gasteiger partial charge in [-0.3, -0.25) is 4.79 Å². The number of hydrogen-bond acceptors (Lipinski definition) is 7. The van der Waals surface area contributed by atoms with E-state index in [-0.39, 0.29) is 25.7 Å². The summed E-state index contributed by atoms with van der Waals surface area (Å²) in [5.41, 5.74) is 8.41. The van der Waals surface area contributed by atoms with Gasteiger partial charge >= 0.3 is 0 Å². The molecule has 0 aliphatic rings. The van der Waals surface area contributed by atoms with Crippen molar-refractivity contribution < 1.29 is 24.9 Å². The van der Waals surface area contributed by atoms with Crippen LogP contribution in [0.25, 0.3) is 10.9 Å². The fraction of sp³-hybridized carbons (Fsp3) is 0.286. The van der Waals surface area contributed by atoms with Gasteiger partial charge in [0.15, 0.2) is 6.29 Å². The summed E-state index contributed by atoms with van der Waals surface area (Å²) in [5.74, 6) is 0.716. The molecule has 160 valence electrons. The Balaban J connectivity index is 1.63. The van der Waals surface area contributed by atoms with Crippen LogP contribution >= 0.6 is 11.8 Å². The first-order valence-corrected chi connectivity index (χ1v) is 10.5. The molecule has 1 amide bonds.